The molecule has 0 bridgehead atoms. The Morgan fingerprint density at radius 2 is 1.82 bits per heavy atom. The highest BCUT2D eigenvalue weighted by molar-refractivity contribution is 6.37. The fourth-order valence-electron chi connectivity index (χ4n) is 2.60. The number of ether oxygens (including phenoxy) is 1. The maximum absolute atomic E-state index is 12.0. The van der Waals surface area contributed by atoms with E-state index in [0.717, 1.165) is 18.5 Å². The van der Waals surface area contributed by atoms with Gasteiger partial charge in [0.25, 0.3) is 5.91 Å². The first-order valence-corrected chi connectivity index (χ1v) is 7.87. The van der Waals surface area contributed by atoms with Gasteiger partial charge in [-0.05, 0) is 54.7 Å². The van der Waals surface area contributed by atoms with Crippen molar-refractivity contribution in [3.8, 4) is 5.75 Å². The monoisotopic (exact) mass is 335 g/mol. The number of hydrogen-bond acceptors (Lipinski definition) is 2. The van der Waals surface area contributed by atoms with Crippen molar-refractivity contribution in [2.75, 3.05) is 11.9 Å². The van der Waals surface area contributed by atoms with Crippen molar-refractivity contribution >= 4 is 34.8 Å². The average Bonchev–Trinajstić information content (AvgIpc) is 2.94. The number of benzene rings is 2. The van der Waals surface area contributed by atoms with E-state index >= 15 is 0 Å². The predicted octanol–water partition coefficient (Wildman–Crippen LogP) is 4.50. The second-order valence-corrected chi connectivity index (χ2v) is 6.04. The fraction of sp³-hybridized carbons (Fsp3) is 0.235. The summed E-state index contributed by atoms with van der Waals surface area (Å²) in [5.74, 6) is 0.0869. The third-order valence-corrected chi connectivity index (χ3v) is 4.24. The van der Waals surface area contributed by atoms with Crippen LogP contribution in [-0.4, -0.2) is 12.5 Å². The lowest BCUT2D eigenvalue weighted by Gasteiger charge is -2.11. The number of amides is 1. The third-order valence-electron chi connectivity index (χ3n) is 3.65. The molecular formula is C17H15Cl2NO2. The number of aryl methyl sites for hydroxylation is 2. The lowest BCUT2D eigenvalue weighted by atomic mass is 10.1. The number of carbonyl (C=O) groups excluding carboxylic acids is 1. The Morgan fingerprint density at radius 1 is 1.09 bits per heavy atom. The molecule has 0 aliphatic heterocycles. The molecule has 2 aromatic rings. The van der Waals surface area contributed by atoms with Crippen molar-refractivity contribution in [3.63, 3.8) is 0 Å². The summed E-state index contributed by atoms with van der Waals surface area (Å²) >= 11 is 12.0. The molecule has 0 radical (unpaired) electrons. The van der Waals surface area contributed by atoms with Crippen molar-refractivity contribution in [2.45, 2.75) is 19.3 Å². The first-order valence-electron chi connectivity index (χ1n) is 7.12. The summed E-state index contributed by atoms with van der Waals surface area (Å²) < 4.78 is 5.42. The first kappa shape index (κ1) is 15.2. The van der Waals surface area contributed by atoms with Gasteiger partial charge in [0.2, 0.25) is 0 Å². The van der Waals surface area contributed by atoms with Crippen molar-refractivity contribution in [2.24, 2.45) is 0 Å². The molecule has 0 saturated heterocycles. The van der Waals surface area contributed by atoms with Crippen LogP contribution in [0.3, 0.4) is 0 Å². The number of nitrogens with one attached hydrogen (secondary N) is 1. The maximum atomic E-state index is 12.0. The van der Waals surface area contributed by atoms with Crippen LogP contribution in [0.1, 0.15) is 17.5 Å². The van der Waals surface area contributed by atoms with Crippen molar-refractivity contribution in [1.82, 2.24) is 0 Å². The lowest BCUT2D eigenvalue weighted by molar-refractivity contribution is -0.118. The molecule has 0 saturated carbocycles. The van der Waals surface area contributed by atoms with Gasteiger partial charge >= 0.3 is 0 Å². The molecule has 5 heteroatoms. The Labute approximate surface area is 139 Å². The number of fused-ring (bicyclic) bond motifs is 1. The van der Waals surface area contributed by atoms with E-state index < -0.39 is 0 Å². The van der Waals surface area contributed by atoms with Gasteiger partial charge in [0.1, 0.15) is 0 Å². The molecule has 0 atom stereocenters. The number of rotatable bonds is 4. The Bertz CT molecular complexity index is 696. The van der Waals surface area contributed by atoms with Crippen LogP contribution in [-0.2, 0) is 17.6 Å². The Balaban J connectivity index is 1.61. The van der Waals surface area contributed by atoms with Crippen LogP contribution in [0.4, 0.5) is 5.69 Å². The molecule has 22 heavy (non-hydrogen) atoms. The van der Waals surface area contributed by atoms with Crippen molar-refractivity contribution < 1.29 is 9.53 Å². The van der Waals surface area contributed by atoms with E-state index in [2.05, 4.69) is 11.4 Å². The van der Waals surface area contributed by atoms with E-state index in [1.165, 1.54) is 17.5 Å². The van der Waals surface area contributed by atoms with Gasteiger partial charge in [0.15, 0.2) is 12.4 Å². The lowest BCUT2D eigenvalue weighted by Crippen LogP contribution is -2.20. The van der Waals surface area contributed by atoms with Crippen LogP contribution in [0.15, 0.2) is 36.4 Å². The van der Waals surface area contributed by atoms with Gasteiger partial charge in [-0.15, -0.1) is 0 Å². The van der Waals surface area contributed by atoms with Gasteiger partial charge in [-0.3, -0.25) is 4.79 Å². The average molecular weight is 336 g/mol. The molecule has 0 unspecified atom stereocenters. The summed E-state index contributed by atoms with van der Waals surface area (Å²) in [6.07, 6.45) is 3.38. The van der Waals surface area contributed by atoms with E-state index in [-0.39, 0.29) is 12.5 Å². The van der Waals surface area contributed by atoms with Crippen LogP contribution in [0.5, 0.6) is 5.75 Å². The summed E-state index contributed by atoms with van der Waals surface area (Å²) in [5, 5.41) is 3.60. The third kappa shape index (κ3) is 3.37. The highest BCUT2D eigenvalue weighted by atomic mass is 35.5. The Hall–Kier alpha value is -1.71. The van der Waals surface area contributed by atoms with Gasteiger partial charge in [-0.25, -0.2) is 0 Å². The number of carbonyl (C=O) groups is 1. The van der Waals surface area contributed by atoms with Crippen LogP contribution in [0.25, 0.3) is 0 Å². The summed E-state index contributed by atoms with van der Waals surface area (Å²) in [7, 11) is 0. The SMILES string of the molecule is O=C(COc1c(Cl)cccc1Cl)Nc1ccc2c(c1)CCC2. The van der Waals surface area contributed by atoms with Gasteiger partial charge in [0.05, 0.1) is 10.0 Å². The first-order chi connectivity index (χ1) is 10.6. The molecule has 1 aliphatic rings. The molecule has 2 aromatic carbocycles. The molecule has 1 aliphatic carbocycles. The Morgan fingerprint density at radius 3 is 2.59 bits per heavy atom. The predicted molar refractivity (Wildman–Crippen MR) is 89.1 cm³/mol. The minimum absolute atomic E-state index is 0.138. The van der Waals surface area contributed by atoms with E-state index in [0.29, 0.717) is 15.8 Å². The topological polar surface area (TPSA) is 38.3 Å². The minimum atomic E-state index is -0.242. The highest BCUT2D eigenvalue weighted by Crippen LogP contribution is 2.32. The summed E-state index contributed by atoms with van der Waals surface area (Å²) in [5.41, 5.74) is 3.48. The second kappa shape index (κ2) is 6.59. The van der Waals surface area contributed by atoms with Gasteiger partial charge in [0, 0.05) is 5.69 Å². The number of anilines is 1. The molecule has 0 spiro atoms. The molecule has 1 amide bonds. The molecular weight excluding hydrogens is 321 g/mol. The second-order valence-electron chi connectivity index (χ2n) is 5.22. The summed E-state index contributed by atoms with van der Waals surface area (Å²) in [6, 6.07) is 11.1. The minimum Gasteiger partial charge on any atom is -0.481 e. The molecule has 1 N–H and O–H groups in total. The van der Waals surface area contributed by atoms with Crippen LogP contribution in [0.2, 0.25) is 10.0 Å². The van der Waals surface area contributed by atoms with Gasteiger partial charge in [-0.1, -0.05) is 35.3 Å². The summed E-state index contributed by atoms with van der Waals surface area (Å²) in [4.78, 5) is 12.0. The fourth-order valence-corrected chi connectivity index (χ4v) is 3.11. The van der Waals surface area contributed by atoms with Crippen molar-refractivity contribution in [1.29, 1.82) is 0 Å². The van der Waals surface area contributed by atoms with Crippen LogP contribution >= 0.6 is 23.2 Å². The molecule has 3 rings (SSSR count). The molecule has 0 aromatic heterocycles. The van der Waals surface area contributed by atoms with E-state index in [1.54, 1.807) is 18.2 Å². The molecule has 0 heterocycles. The number of para-hydroxylation sites is 1. The van der Waals surface area contributed by atoms with Crippen LogP contribution < -0.4 is 10.1 Å². The summed E-state index contributed by atoms with van der Waals surface area (Å²) in [6.45, 7) is -0.138. The Kier molecular flexibility index (Phi) is 4.55. The zero-order chi connectivity index (χ0) is 15.5. The normalized spacial score (nSPS) is 12.8. The van der Waals surface area contributed by atoms with E-state index in [4.69, 9.17) is 27.9 Å². The largest absolute Gasteiger partial charge is 0.481 e. The molecule has 3 nitrogen and oxygen atoms in total. The standard InChI is InChI=1S/C17H15Cl2NO2/c18-14-5-2-6-15(19)17(14)22-10-16(21)20-13-8-7-11-3-1-4-12(11)9-13/h2,5-9H,1,3-4,10H2,(H,20,21). The van der Waals surface area contributed by atoms with Crippen LogP contribution in [0, 0.1) is 0 Å². The molecule has 114 valence electrons. The van der Waals surface area contributed by atoms with E-state index in [9.17, 15) is 4.79 Å². The quantitative estimate of drug-likeness (QED) is 0.893. The highest BCUT2D eigenvalue weighted by Gasteiger charge is 2.13. The smallest absolute Gasteiger partial charge is 0.262 e. The van der Waals surface area contributed by atoms with Crippen molar-refractivity contribution in [3.05, 3.63) is 57.6 Å². The zero-order valence-electron chi connectivity index (χ0n) is 11.9. The molecule has 0 fully saturated rings. The number of halogens is 2. The zero-order valence-corrected chi connectivity index (χ0v) is 13.4. The van der Waals surface area contributed by atoms with Gasteiger partial charge in [-0.2, -0.15) is 0 Å². The van der Waals surface area contributed by atoms with E-state index in [1.807, 2.05) is 12.1 Å². The van der Waals surface area contributed by atoms with Gasteiger partial charge < -0.3 is 10.1 Å². The number of hydrogen-bond donors (Lipinski definition) is 1. The maximum Gasteiger partial charge on any atom is 0.262 e.